The topological polar surface area (TPSA) is 99.3 Å². The number of rotatable bonds is 5. The van der Waals surface area contributed by atoms with Gasteiger partial charge in [0.15, 0.2) is 17.2 Å². The Kier molecular flexibility index (Phi) is 5.88. The number of esters is 2. The minimum atomic E-state index is -0.928. The number of carbonyl (C=O) groups is 4. The van der Waals surface area contributed by atoms with Crippen molar-refractivity contribution in [3.8, 4) is 0 Å². The molecule has 4 aliphatic carbocycles. The summed E-state index contributed by atoms with van der Waals surface area (Å²) in [7, 11) is 0. The second-order valence-corrected chi connectivity index (χ2v) is 13.2. The summed E-state index contributed by atoms with van der Waals surface area (Å²) in [4.78, 5) is 50.8. The molecule has 3 saturated carbocycles. The minimum absolute atomic E-state index is 0.0232. The van der Waals surface area contributed by atoms with Crippen LogP contribution in [-0.4, -0.2) is 47.9 Å². The summed E-state index contributed by atoms with van der Waals surface area (Å²) in [6.07, 6.45) is 8.46. The van der Waals surface area contributed by atoms with Gasteiger partial charge in [-0.15, -0.1) is 0 Å². The van der Waals surface area contributed by atoms with Gasteiger partial charge in [-0.2, -0.15) is 0 Å². The molecule has 0 radical (unpaired) electrons. The fourth-order valence-electron chi connectivity index (χ4n) is 9.75. The highest BCUT2D eigenvalue weighted by molar-refractivity contribution is 6.15. The predicted molar refractivity (Wildman–Crippen MR) is 138 cm³/mol. The molecule has 7 nitrogen and oxygen atoms in total. The Hall–Kier alpha value is -2.28. The molecule has 1 saturated heterocycles. The van der Waals surface area contributed by atoms with E-state index in [0.717, 1.165) is 37.7 Å². The number of cyclic esters (lactones) is 1. The summed E-state index contributed by atoms with van der Waals surface area (Å²) in [6.45, 7) is 10.3. The van der Waals surface area contributed by atoms with Gasteiger partial charge in [0.25, 0.3) is 0 Å². The van der Waals surface area contributed by atoms with Crippen LogP contribution >= 0.6 is 0 Å². The Morgan fingerprint density at radius 3 is 2.55 bits per heavy atom. The van der Waals surface area contributed by atoms with Crippen molar-refractivity contribution in [3.63, 3.8) is 0 Å². The van der Waals surface area contributed by atoms with Crippen LogP contribution in [0.15, 0.2) is 23.3 Å². The lowest BCUT2D eigenvalue weighted by Gasteiger charge is -2.57. The molecule has 7 heteroatoms. The molecule has 0 unspecified atom stereocenters. The summed E-state index contributed by atoms with van der Waals surface area (Å²) in [6, 6.07) is 0. The normalized spacial score (nSPS) is 46.0. The van der Waals surface area contributed by atoms with Gasteiger partial charge in [-0.25, -0.2) is 4.79 Å². The van der Waals surface area contributed by atoms with Crippen LogP contribution in [0, 0.1) is 40.4 Å². The Balaban J connectivity index is 1.21. The van der Waals surface area contributed by atoms with Crippen molar-refractivity contribution in [1.82, 2.24) is 0 Å². The van der Waals surface area contributed by atoms with Crippen LogP contribution in [0.25, 0.3) is 0 Å². The predicted octanol–water partition coefficient (Wildman–Crippen LogP) is 4.52. The number of ether oxygens (including phenoxy) is 3. The second-order valence-electron chi connectivity index (χ2n) is 13.2. The molecule has 2 aliphatic heterocycles. The Morgan fingerprint density at radius 2 is 1.84 bits per heavy atom. The van der Waals surface area contributed by atoms with Crippen molar-refractivity contribution < 1.29 is 33.4 Å². The summed E-state index contributed by atoms with van der Waals surface area (Å²) in [5, 5.41) is 0. The van der Waals surface area contributed by atoms with E-state index < -0.39 is 11.0 Å². The first-order valence-electron chi connectivity index (χ1n) is 14.5. The molecule has 0 N–H and O–H groups in total. The summed E-state index contributed by atoms with van der Waals surface area (Å²) >= 11 is 0. The van der Waals surface area contributed by atoms with E-state index in [1.54, 1.807) is 6.92 Å². The SMILES string of the molecule is CCC(=O)OCC1=C(C)C[C@H]([C@@H](C)[C@H]2CC[C@H]3[C@@H]4C[C@H]5O[C@]56C(=O)C=CC(=O)[C@]6(C)[C@H]4CC[C@]23C)OC1=O. The smallest absolute Gasteiger partial charge is 0.337 e. The van der Waals surface area contributed by atoms with Crippen LogP contribution in [0.1, 0.15) is 79.6 Å². The first kappa shape index (κ1) is 26.0. The van der Waals surface area contributed by atoms with Gasteiger partial charge in [0.1, 0.15) is 12.7 Å². The second kappa shape index (κ2) is 8.61. The van der Waals surface area contributed by atoms with Gasteiger partial charge in [0, 0.05) is 12.8 Å². The lowest BCUT2D eigenvalue weighted by atomic mass is 9.44. The quantitative estimate of drug-likeness (QED) is 0.385. The lowest BCUT2D eigenvalue weighted by Crippen LogP contribution is -2.62. The zero-order chi connectivity index (χ0) is 27.2. The molecule has 0 aromatic heterocycles. The largest absolute Gasteiger partial charge is 0.461 e. The van der Waals surface area contributed by atoms with Gasteiger partial charge < -0.3 is 14.2 Å². The van der Waals surface area contributed by atoms with Crippen LogP contribution < -0.4 is 0 Å². The fraction of sp³-hybridized carbons (Fsp3) is 0.742. The maximum atomic E-state index is 13.3. The van der Waals surface area contributed by atoms with Crippen molar-refractivity contribution in [1.29, 1.82) is 0 Å². The number of hydrogen-bond acceptors (Lipinski definition) is 7. The first-order valence-corrected chi connectivity index (χ1v) is 14.5. The highest BCUT2D eigenvalue weighted by Gasteiger charge is 2.80. The van der Waals surface area contributed by atoms with Crippen molar-refractivity contribution in [2.75, 3.05) is 6.61 Å². The summed E-state index contributed by atoms with van der Waals surface area (Å²) in [5.74, 6) is 0.901. The monoisotopic (exact) mass is 524 g/mol. The first-order chi connectivity index (χ1) is 18.0. The minimum Gasteiger partial charge on any atom is -0.461 e. The standard InChI is InChI=1S/C31H40O7/c1-6-27(34)36-15-19-16(2)13-23(37-28(19)35)17(3)20-7-8-21-18-14-26-31(38-26)25(33)10-9-24(32)30(31,5)22(18)11-12-29(20,21)4/h9-10,17-18,20-23,26H,6-8,11-15H2,1-5H3/t17-,18-,20+,21-,22-,23+,26+,29+,30-,31+/m0/s1. The van der Waals surface area contributed by atoms with Crippen molar-refractivity contribution in [3.05, 3.63) is 23.3 Å². The van der Waals surface area contributed by atoms with Gasteiger partial charge in [-0.3, -0.25) is 14.4 Å². The molecule has 0 bridgehead atoms. The average molecular weight is 525 g/mol. The molecule has 206 valence electrons. The number of ketones is 2. The summed E-state index contributed by atoms with van der Waals surface area (Å²) in [5.41, 5.74) is -0.195. The van der Waals surface area contributed by atoms with Crippen LogP contribution in [0.2, 0.25) is 0 Å². The zero-order valence-corrected chi connectivity index (χ0v) is 23.2. The Morgan fingerprint density at radius 1 is 1.11 bits per heavy atom. The molecule has 10 atom stereocenters. The Labute approximate surface area is 224 Å². The number of allylic oxidation sites excluding steroid dienone is 1. The maximum Gasteiger partial charge on any atom is 0.337 e. The van der Waals surface area contributed by atoms with Crippen molar-refractivity contribution >= 4 is 23.5 Å². The van der Waals surface area contributed by atoms with E-state index in [4.69, 9.17) is 14.2 Å². The van der Waals surface area contributed by atoms with Crippen molar-refractivity contribution in [2.24, 2.45) is 40.4 Å². The molecule has 0 amide bonds. The lowest BCUT2D eigenvalue weighted by molar-refractivity contribution is -0.156. The average Bonchev–Trinajstić information content (AvgIpc) is 3.52. The van der Waals surface area contributed by atoms with Crippen LogP contribution in [0.4, 0.5) is 0 Å². The molecule has 4 fully saturated rings. The molecule has 2 heterocycles. The van der Waals surface area contributed by atoms with E-state index in [1.807, 2.05) is 13.8 Å². The van der Waals surface area contributed by atoms with Crippen LogP contribution in [0.3, 0.4) is 0 Å². The molecule has 6 aliphatic rings. The highest BCUT2D eigenvalue weighted by atomic mass is 16.6. The number of epoxide rings is 1. The van der Waals surface area contributed by atoms with E-state index in [1.165, 1.54) is 12.2 Å². The molecule has 6 rings (SSSR count). The number of carbonyl (C=O) groups excluding carboxylic acids is 4. The number of fused-ring (bicyclic) bond motifs is 4. The molecular weight excluding hydrogens is 484 g/mol. The van der Waals surface area contributed by atoms with Crippen LogP contribution in [0.5, 0.6) is 0 Å². The van der Waals surface area contributed by atoms with E-state index in [-0.39, 0.29) is 66.0 Å². The van der Waals surface area contributed by atoms with Crippen LogP contribution in [-0.2, 0) is 33.4 Å². The van der Waals surface area contributed by atoms with E-state index in [0.29, 0.717) is 29.7 Å². The maximum absolute atomic E-state index is 13.3. The zero-order valence-electron chi connectivity index (χ0n) is 23.2. The molecular formula is C31H40O7. The third-order valence-corrected chi connectivity index (χ3v) is 11.9. The van der Waals surface area contributed by atoms with E-state index in [2.05, 4.69) is 13.8 Å². The van der Waals surface area contributed by atoms with Gasteiger partial charge in [-0.1, -0.05) is 26.3 Å². The molecule has 38 heavy (non-hydrogen) atoms. The van der Waals surface area contributed by atoms with Gasteiger partial charge in [-0.05, 0) is 93.1 Å². The van der Waals surface area contributed by atoms with Gasteiger partial charge in [0.2, 0.25) is 0 Å². The molecule has 0 aromatic rings. The Bertz CT molecular complexity index is 1170. The summed E-state index contributed by atoms with van der Waals surface area (Å²) < 4.78 is 17.4. The molecule has 1 spiro atoms. The van der Waals surface area contributed by atoms with Gasteiger partial charge >= 0.3 is 11.9 Å². The molecule has 0 aromatic carbocycles. The third kappa shape index (κ3) is 3.29. The van der Waals surface area contributed by atoms with Crippen molar-refractivity contribution in [2.45, 2.75) is 97.4 Å². The number of hydrogen-bond donors (Lipinski definition) is 0. The van der Waals surface area contributed by atoms with Gasteiger partial charge in [0.05, 0.1) is 17.1 Å². The fourth-order valence-corrected chi connectivity index (χ4v) is 9.75. The van der Waals surface area contributed by atoms with E-state index >= 15 is 0 Å². The van der Waals surface area contributed by atoms with E-state index in [9.17, 15) is 19.2 Å². The third-order valence-electron chi connectivity index (χ3n) is 11.9. The highest BCUT2D eigenvalue weighted by Crippen LogP contribution is 2.72.